The lowest BCUT2D eigenvalue weighted by atomic mass is 9.98. The number of aliphatic hydroxyl groups is 1. The van der Waals surface area contributed by atoms with E-state index in [2.05, 4.69) is 0 Å². The van der Waals surface area contributed by atoms with Crippen molar-refractivity contribution in [3.05, 3.63) is 57.6 Å². The summed E-state index contributed by atoms with van der Waals surface area (Å²) in [6.45, 7) is 3.03. The number of amides is 2. The molecule has 2 aromatic rings. The van der Waals surface area contributed by atoms with E-state index in [1.165, 1.54) is 41.2 Å². The van der Waals surface area contributed by atoms with Gasteiger partial charge in [-0.1, -0.05) is 12.1 Å². The predicted molar refractivity (Wildman–Crippen MR) is 182 cm³/mol. The van der Waals surface area contributed by atoms with Gasteiger partial charge in [0.2, 0.25) is 18.1 Å². The van der Waals surface area contributed by atoms with Crippen LogP contribution in [-0.4, -0.2) is 120 Å². The third kappa shape index (κ3) is 9.03. The molecule has 3 aliphatic heterocycles. The van der Waals surface area contributed by atoms with Crippen LogP contribution in [0.4, 0.5) is 16.2 Å². The van der Waals surface area contributed by atoms with Gasteiger partial charge in [0.1, 0.15) is 25.1 Å². The normalized spacial score (nSPS) is 24.3. The minimum Gasteiger partial charge on any atom is -0.497 e. The minimum atomic E-state index is -1.84. The number of methoxy groups -OCH3 is 1. The van der Waals surface area contributed by atoms with Crippen LogP contribution >= 0.6 is 0 Å². The molecule has 0 saturated carbocycles. The van der Waals surface area contributed by atoms with Crippen LogP contribution in [0.5, 0.6) is 11.5 Å². The zero-order valence-electron chi connectivity index (χ0n) is 30.4. The number of carbonyl (C=O) groups excluding carboxylic acids is 6. The Morgan fingerprint density at radius 1 is 0.927 bits per heavy atom. The maximum absolute atomic E-state index is 13.8. The molecule has 0 aromatic heterocycles. The van der Waals surface area contributed by atoms with Gasteiger partial charge in [0.25, 0.3) is 5.91 Å². The first kappa shape index (κ1) is 40.2. The number of esters is 4. The quantitative estimate of drug-likeness (QED) is 0.148. The second-order valence-corrected chi connectivity index (χ2v) is 12.7. The number of ether oxygens (including phenoxy) is 8. The Kier molecular flexibility index (Phi) is 12.4. The Hall–Kier alpha value is -6.02. The summed E-state index contributed by atoms with van der Waals surface area (Å²) in [5, 5.41) is 23.0. The highest BCUT2D eigenvalue weighted by atomic mass is 16.7. The van der Waals surface area contributed by atoms with Crippen LogP contribution in [0.25, 0.3) is 0 Å². The predicted octanol–water partition coefficient (Wildman–Crippen LogP) is 1.80. The Labute approximate surface area is 313 Å². The summed E-state index contributed by atoms with van der Waals surface area (Å²) < 4.78 is 44.2. The Bertz CT molecular complexity index is 1850. The highest BCUT2D eigenvalue weighted by Gasteiger charge is 2.54. The zero-order chi connectivity index (χ0) is 40.1. The second-order valence-electron chi connectivity index (χ2n) is 12.7. The maximum Gasteiger partial charge on any atom is 0.414 e. The van der Waals surface area contributed by atoms with Gasteiger partial charge in [-0.3, -0.25) is 39.0 Å². The fourth-order valence-electron chi connectivity index (χ4n) is 6.55. The van der Waals surface area contributed by atoms with Crippen molar-refractivity contribution < 1.29 is 76.7 Å². The molecule has 3 heterocycles. The van der Waals surface area contributed by atoms with Gasteiger partial charge < -0.3 is 47.9 Å². The smallest absolute Gasteiger partial charge is 0.414 e. The Morgan fingerprint density at radius 3 is 2.24 bits per heavy atom. The molecule has 3 aliphatic rings. The average molecular weight is 774 g/mol. The first-order valence-electron chi connectivity index (χ1n) is 16.9. The fraction of sp³-hybridized carbons (Fsp3) is 0.486. The summed E-state index contributed by atoms with van der Waals surface area (Å²) in [6, 6.07) is 7.44. The first-order chi connectivity index (χ1) is 26.1. The van der Waals surface area contributed by atoms with Crippen molar-refractivity contribution in [3.63, 3.8) is 0 Å². The molecule has 0 aliphatic carbocycles. The molecular formula is C35H39N3O17. The lowest BCUT2D eigenvalue weighted by Crippen LogP contribution is -2.63. The lowest BCUT2D eigenvalue weighted by molar-refractivity contribution is -0.387. The van der Waals surface area contributed by atoms with Crippen LogP contribution < -0.4 is 14.4 Å². The van der Waals surface area contributed by atoms with Crippen LogP contribution in [0.3, 0.4) is 0 Å². The summed E-state index contributed by atoms with van der Waals surface area (Å²) >= 11 is 0. The number of hydrogen-bond donors (Lipinski definition) is 1. The van der Waals surface area contributed by atoms with Crippen molar-refractivity contribution in [2.45, 2.75) is 83.6 Å². The third-order valence-corrected chi connectivity index (χ3v) is 8.89. The van der Waals surface area contributed by atoms with Crippen LogP contribution in [0.15, 0.2) is 36.4 Å². The molecule has 0 bridgehead atoms. The summed E-state index contributed by atoms with van der Waals surface area (Å²) in [6.07, 6.45) is -9.78. The maximum atomic E-state index is 13.8. The molecule has 0 spiro atoms. The van der Waals surface area contributed by atoms with E-state index in [9.17, 15) is 44.0 Å². The molecule has 5 rings (SSSR count). The number of hydrogen-bond acceptors (Lipinski definition) is 17. The number of nitrogens with zero attached hydrogens (tertiary/aromatic N) is 3. The summed E-state index contributed by atoms with van der Waals surface area (Å²) in [7, 11) is 1.41. The molecule has 2 amide bonds. The van der Waals surface area contributed by atoms with Gasteiger partial charge >= 0.3 is 35.7 Å². The van der Waals surface area contributed by atoms with E-state index >= 15 is 0 Å². The van der Waals surface area contributed by atoms with E-state index < -0.39 is 108 Å². The SMILES string of the molecule is COc1ccc2c(c1)C(=O)N1CCC(O)C1CN2C(=O)OCc1cccc([N+](=O)[O-])c1OC1O[C@H](COC(C)=O)[C@@H](OC(C)=O)[C@H](OC(C)=O)[C@H]1OC(C)=O. The Morgan fingerprint density at radius 2 is 1.60 bits per heavy atom. The van der Waals surface area contributed by atoms with Crippen molar-refractivity contribution in [1.82, 2.24) is 4.90 Å². The summed E-state index contributed by atoms with van der Waals surface area (Å²) in [4.78, 5) is 90.0. The molecule has 7 atom stereocenters. The standard InChI is InChI=1S/C35H39N3O17/c1-17(39)49-16-28-30(51-18(2)40)31(52-19(3)41)32(53-20(4)42)34(54-28)55-29-21(7-6-8-25(29)38(46)47)15-50-35(45)37-14-26-27(43)11-12-36(26)33(44)23-13-22(48-5)9-10-24(23)37/h6-10,13,26-28,30-32,34,43H,11-12,14-16H2,1-5H3/t26?,27?,28-,30-,31+,32-,34?/m1/s1. The fourth-order valence-corrected chi connectivity index (χ4v) is 6.55. The Balaban J connectivity index is 1.50. The largest absolute Gasteiger partial charge is 0.497 e. The van der Waals surface area contributed by atoms with Gasteiger partial charge in [-0.25, -0.2) is 4.79 Å². The van der Waals surface area contributed by atoms with Crippen LogP contribution in [0.2, 0.25) is 0 Å². The van der Waals surface area contributed by atoms with E-state index in [-0.39, 0.29) is 36.3 Å². The van der Waals surface area contributed by atoms with E-state index in [1.807, 2.05) is 0 Å². The second kappa shape index (κ2) is 17.0. The monoisotopic (exact) mass is 773 g/mol. The van der Waals surface area contributed by atoms with Crippen molar-refractivity contribution in [1.29, 1.82) is 0 Å². The molecule has 2 aromatic carbocycles. The number of nitro groups is 1. The van der Waals surface area contributed by atoms with Crippen molar-refractivity contribution in [3.8, 4) is 11.5 Å². The van der Waals surface area contributed by atoms with Gasteiger partial charge in [0, 0.05) is 45.9 Å². The average Bonchev–Trinajstić information content (AvgIpc) is 3.43. The molecular weight excluding hydrogens is 734 g/mol. The summed E-state index contributed by atoms with van der Waals surface area (Å²) in [5.74, 6) is -4.07. The molecule has 3 unspecified atom stereocenters. The van der Waals surface area contributed by atoms with E-state index in [4.69, 9.17) is 37.9 Å². The number of anilines is 1. The number of rotatable bonds is 11. The molecule has 20 heteroatoms. The topological polar surface area (TPSA) is 246 Å². The number of nitro benzene ring substituents is 1. The van der Waals surface area contributed by atoms with E-state index in [0.717, 1.165) is 33.8 Å². The highest BCUT2D eigenvalue weighted by Crippen LogP contribution is 2.38. The van der Waals surface area contributed by atoms with Gasteiger partial charge in [-0.15, -0.1) is 0 Å². The van der Waals surface area contributed by atoms with Crippen LogP contribution in [-0.2, 0) is 54.2 Å². The van der Waals surface area contributed by atoms with Crippen LogP contribution in [0.1, 0.15) is 50.0 Å². The molecule has 1 N–H and O–H groups in total. The molecule has 2 fully saturated rings. The zero-order valence-corrected chi connectivity index (χ0v) is 30.4. The number of fused-ring (bicyclic) bond motifs is 2. The van der Waals surface area contributed by atoms with Gasteiger partial charge in [-0.2, -0.15) is 0 Å². The number of carbonyl (C=O) groups is 6. The summed E-state index contributed by atoms with van der Waals surface area (Å²) in [5.41, 5.74) is -0.441. The van der Waals surface area contributed by atoms with Gasteiger partial charge in [0.15, 0.2) is 12.2 Å². The third-order valence-electron chi connectivity index (χ3n) is 8.89. The first-order valence-corrected chi connectivity index (χ1v) is 16.9. The highest BCUT2D eigenvalue weighted by molar-refractivity contribution is 6.05. The molecule has 2 saturated heterocycles. The van der Waals surface area contributed by atoms with Gasteiger partial charge in [-0.05, 0) is 24.6 Å². The van der Waals surface area contributed by atoms with Crippen molar-refractivity contribution in [2.75, 3.05) is 31.7 Å². The molecule has 296 valence electrons. The van der Waals surface area contributed by atoms with E-state index in [1.54, 1.807) is 6.07 Å². The molecule has 55 heavy (non-hydrogen) atoms. The van der Waals surface area contributed by atoms with Crippen molar-refractivity contribution >= 4 is 47.3 Å². The molecule has 20 nitrogen and oxygen atoms in total. The van der Waals surface area contributed by atoms with Crippen LogP contribution in [0, 0.1) is 10.1 Å². The van der Waals surface area contributed by atoms with Gasteiger partial charge in [0.05, 0.1) is 42.0 Å². The number of para-hydroxylation sites is 1. The minimum absolute atomic E-state index is 0.0845. The number of aliphatic hydroxyl groups excluding tert-OH is 1. The number of benzene rings is 2. The lowest BCUT2D eigenvalue weighted by Gasteiger charge is -2.43. The molecule has 0 radical (unpaired) electrons. The van der Waals surface area contributed by atoms with E-state index in [0.29, 0.717) is 5.75 Å². The van der Waals surface area contributed by atoms with Crippen molar-refractivity contribution in [2.24, 2.45) is 0 Å².